The Kier molecular flexibility index (Phi) is 18.2. The zero-order valence-corrected chi connectivity index (χ0v) is 20.4. The molecule has 0 aromatic carbocycles. The molecule has 0 unspecified atom stereocenters. The van der Waals surface area contributed by atoms with Crippen molar-refractivity contribution in [3.8, 4) is 0 Å². The fourth-order valence-electron chi connectivity index (χ4n) is 1.78. The van der Waals surface area contributed by atoms with Gasteiger partial charge >= 0.3 is 24.0 Å². The number of alkyl carbamates (subject to hydrolysis) is 1. The standard InChI is InChI=1S/C21H33NO8S2/c1-16(2)19(24)28-8-5-6-18(23)27-10-12-31-14-15-32-13-11-30-21(26)22-7-9-29-20(25)17(3)4/h1,3,5-15H2,2,4H3,(H,22,26). The van der Waals surface area contributed by atoms with Gasteiger partial charge in [0, 0.05) is 40.6 Å². The van der Waals surface area contributed by atoms with E-state index < -0.39 is 18.0 Å². The van der Waals surface area contributed by atoms with Crippen LogP contribution in [0.15, 0.2) is 24.3 Å². The van der Waals surface area contributed by atoms with Crippen LogP contribution in [0.25, 0.3) is 0 Å². The van der Waals surface area contributed by atoms with E-state index in [0.717, 1.165) is 11.5 Å². The van der Waals surface area contributed by atoms with Gasteiger partial charge in [0.05, 0.1) is 13.2 Å². The van der Waals surface area contributed by atoms with E-state index in [1.165, 1.54) is 0 Å². The third-order valence-electron chi connectivity index (χ3n) is 3.38. The van der Waals surface area contributed by atoms with Crippen molar-refractivity contribution < 1.29 is 38.1 Å². The Morgan fingerprint density at radius 3 is 1.81 bits per heavy atom. The zero-order valence-electron chi connectivity index (χ0n) is 18.8. The first-order valence-corrected chi connectivity index (χ1v) is 12.4. The second-order valence-corrected chi connectivity index (χ2v) is 8.89. The number of carbonyl (C=O) groups is 4. The molecule has 0 rings (SSSR count). The Labute approximate surface area is 198 Å². The summed E-state index contributed by atoms with van der Waals surface area (Å²) < 4.78 is 19.9. The summed E-state index contributed by atoms with van der Waals surface area (Å²) in [4.78, 5) is 45.3. The van der Waals surface area contributed by atoms with Gasteiger partial charge < -0.3 is 24.3 Å². The zero-order chi connectivity index (χ0) is 24.2. The second kappa shape index (κ2) is 19.5. The van der Waals surface area contributed by atoms with Crippen LogP contribution in [-0.2, 0) is 33.3 Å². The third kappa shape index (κ3) is 18.6. The van der Waals surface area contributed by atoms with Crippen molar-refractivity contribution in [1.82, 2.24) is 5.32 Å². The van der Waals surface area contributed by atoms with Crippen LogP contribution in [0.4, 0.5) is 4.79 Å². The van der Waals surface area contributed by atoms with Crippen molar-refractivity contribution in [2.45, 2.75) is 26.7 Å². The number of nitrogens with one attached hydrogen (secondary N) is 1. The van der Waals surface area contributed by atoms with Crippen LogP contribution < -0.4 is 5.32 Å². The highest BCUT2D eigenvalue weighted by Gasteiger charge is 2.06. The summed E-state index contributed by atoms with van der Waals surface area (Å²) >= 11 is 3.32. The maximum atomic E-state index is 11.6. The molecule has 0 heterocycles. The van der Waals surface area contributed by atoms with Crippen LogP contribution in [0, 0.1) is 0 Å². The highest BCUT2D eigenvalue weighted by Crippen LogP contribution is 2.07. The second-order valence-electron chi connectivity index (χ2n) is 6.44. The van der Waals surface area contributed by atoms with Crippen molar-refractivity contribution in [1.29, 1.82) is 0 Å². The highest BCUT2D eigenvalue weighted by molar-refractivity contribution is 8.02. The lowest BCUT2D eigenvalue weighted by molar-refractivity contribution is -0.145. The number of carbonyl (C=O) groups excluding carboxylic acids is 4. The van der Waals surface area contributed by atoms with E-state index in [-0.39, 0.29) is 38.8 Å². The first-order valence-electron chi connectivity index (χ1n) is 10.1. The van der Waals surface area contributed by atoms with E-state index in [2.05, 4.69) is 18.5 Å². The van der Waals surface area contributed by atoms with Gasteiger partial charge in [-0.05, 0) is 20.3 Å². The quantitative estimate of drug-likeness (QED) is 0.133. The van der Waals surface area contributed by atoms with Crippen molar-refractivity contribution in [2.75, 3.05) is 56.0 Å². The molecular formula is C21H33NO8S2. The number of hydrogen-bond acceptors (Lipinski definition) is 10. The van der Waals surface area contributed by atoms with Crippen LogP contribution in [0.2, 0.25) is 0 Å². The van der Waals surface area contributed by atoms with Crippen LogP contribution in [0.5, 0.6) is 0 Å². The van der Waals surface area contributed by atoms with Gasteiger partial charge in [-0.25, -0.2) is 14.4 Å². The molecule has 0 aromatic rings. The SMILES string of the molecule is C=C(C)C(=O)OCCCC(=O)OCCSCCSCCOC(=O)NCCOC(=O)C(=C)C. The Hall–Kier alpha value is -2.14. The first-order chi connectivity index (χ1) is 15.2. The Morgan fingerprint density at radius 1 is 0.719 bits per heavy atom. The molecule has 0 fully saturated rings. The normalized spacial score (nSPS) is 10.1. The van der Waals surface area contributed by atoms with Gasteiger partial charge in [0.2, 0.25) is 0 Å². The molecule has 0 saturated carbocycles. The van der Waals surface area contributed by atoms with Gasteiger partial charge in [0.1, 0.15) is 19.8 Å². The van der Waals surface area contributed by atoms with Crippen LogP contribution in [0.1, 0.15) is 26.7 Å². The summed E-state index contributed by atoms with van der Waals surface area (Å²) in [5, 5.41) is 2.49. The minimum Gasteiger partial charge on any atom is -0.465 e. The largest absolute Gasteiger partial charge is 0.465 e. The number of esters is 3. The van der Waals surface area contributed by atoms with E-state index in [9.17, 15) is 19.2 Å². The highest BCUT2D eigenvalue weighted by atomic mass is 32.2. The lowest BCUT2D eigenvalue weighted by atomic mass is 10.3. The number of rotatable bonds is 18. The van der Waals surface area contributed by atoms with E-state index in [1.54, 1.807) is 37.4 Å². The summed E-state index contributed by atoms with van der Waals surface area (Å²) in [7, 11) is 0. The molecular weight excluding hydrogens is 458 g/mol. The fraction of sp³-hybridized carbons (Fsp3) is 0.619. The van der Waals surface area contributed by atoms with Gasteiger partial charge in [0.15, 0.2) is 0 Å². The number of hydrogen-bond donors (Lipinski definition) is 1. The van der Waals surface area contributed by atoms with Gasteiger partial charge in [-0.1, -0.05) is 13.2 Å². The van der Waals surface area contributed by atoms with Crippen LogP contribution in [-0.4, -0.2) is 80.0 Å². The molecule has 9 nitrogen and oxygen atoms in total. The molecule has 0 aromatic heterocycles. The molecule has 0 atom stereocenters. The van der Waals surface area contributed by atoms with Crippen LogP contribution >= 0.6 is 23.5 Å². The molecule has 32 heavy (non-hydrogen) atoms. The van der Waals surface area contributed by atoms with Gasteiger partial charge in [0.25, 0.3) is 0 Å². The minimum absolute atomic E-state index is 0.0625. The topological polar surface area (TPSA) is 117 Å². The molecule has 0 spiro atoms. The van der Waals surface area contributed by atoms with Gasteiger partial charge in [-0.3, -0.25) is 4.79 Å². The molecule has 0 bridgehead atoms. The van der Waals surface area contributed by atoms with E-state index in [4.69, 9.17) is 18.9 Å². The summed E-state index contributed by atoms with van der Waals surface area (Å²) in [6.07, 6.45) is 0.0728. The molecule has 1 amide bonds. The summed E-state index contributed by atoms with van der Waals surface area (Å²) in [6, 6.07) is 0. The Bertz CT molecular complexity index is 585. The molecule has 1 N–H and O–H groups in total. The number of thioether (sulfide) groups is 2. The summed E-state index contributed by atoms with van der Waals surface area (Å²) in [5.74, 6) is 1.88. The smallest absolute Gasteiger partial charge is 0.407 e. The average Bonchev–Trinajstić information content (AvgIpc) is 2.74. The number of amides is 1. The molecule has 0 aliphatic heterocycles. The van der Waals surface area contributed by atoms with E-state index in [1.807, 2.05) is 0 Å². The predicted octanol–water partition coefficient (Wildman–Crippen LogP) is 2.74. The van der Waals surface area contributed by atoms with E-state index >= 15 is 0 Å². The lowest BCUT2D eigenvalue weighted by Crippen LogP contribution is -2.29. The third-order valence-corrected chi connectivity index (χ3v) is 5.54. The van der Waals surface area contributed by atoms with Crippen molar-refractivity contribution in [3.05, 3.63) is 24.3 Å². The molecule has 11 heteroatoms. The van der Waals surface area contributed by atoms with Crippen molar-refractivity contribution in [2.24, 2.45) is 0 Å². The Balaban J connectivity index is 3.39. The van der Waals surface area contributed by atoms with Gasteiger partial charge in [-0.2, -0.15) is 23.5 Å². The van der Waals surface area contributed by atoms with Crippen LogP contribution in [0.3, 0.4) is 0 Å². The minimum atomic E-state index is -0.554. The average molecular weight is 492 g/mol. The molecule has 0 aliphatic carbocycles. The predicted molar refractivity (Wildman–Crippen MR) is 126 cm³/mol. The molecule has 0 radical (unpaired) electrons. The van der Waals surface area contributed by atoms with Gasteiger partial charge in [-0.15, -0.1) is 0 Å². The monoisotopic (exact) mass is 491 g/mol. The maximum Gasteiger partial charge on any atom is 0.407 e. The summed E-state index contributed by atoms with van der Waals surface area (Å²) in [6.45, 7) is 11.1. The Morgan fingerprint density at radius 2 is 1.25 bits per heavy atom. The summed E-state index contributed by atoms with van der Waals surface area (Å²) in [5.41, 5.74) is 0.635. The fourth-order valence-corrected chi connectivity index (χ4v) is 3.53. The maximum absolute atomic E-state index is 11.6. The molecule has 182 valence electrons. The van der Waals surface area contributed by atoms with Crippen molar-refractivity contribution >= 4 is 47.5 Å². The first kappa shape index (κ1) is 29.9. The molecule has 0 aliphatic rings. The lowest BCUT2D eigenvalue weighted by Gasteiger charge is -2.08. The van der Waals surface area contributed by atoms with E-state index in [0.29, 0.717) is 35.7 Å². The number of ether oxygens (including phenoxy) is 4. The van der Waals surface area contributed by atoms with Crippen molar-refractivity contribution in [3.63, 3.8) is 0 Å². The molecule has 0 saturated heterocycles.